The fraction of sp³-hybridized carbons (Fsp3) is 0.412. The number of rotatable bonds is 6. The monoisotopic (exact) mass is 288 g/mol. The first-order valence-corrected chi connectivity index (χ1v) is 7.12. The first kappa shape index (κ1) is 17.0. The summed E-state index contributed by atoms with van der Waals surface area (Å²) in [5.74, 6) is -0.314. The second-order valence-corrected chi connectivity index (χ2v) is 5.12. The van der Waals surface area contributed by atoms with Gasteiger partial charge in [-0.2, -0.15) is 0 Å². The van der Waals surface area contributed by atoms with Crippen LogP contribution in [-0.2, 0) is 16.1 Å². The Morgan fingerprint density at radius 3 is 2.71 bits per heavy atom. The quantitative estimate of drug-likeness (QED) is 0.347. The fourth-order valence-electron chi connectivity index (χ4n) is 1.72. The molecule has 0 amide bonds. The van der Waals surface area contributed by atoms with Crippen LogP contribution in [0.2, 0.25) is 0 Å². The van der Waals surface area contributed by atoms with E-state index in [1.54, 1.807) is 6.92 Å². The van der Waals surface area contributed by atoms with Crippen molar-refractivity contribution >= 4 is 12.0 Å². The molecule has 1 aromatic heterocycles. The molecule has 0 aromatic carbocycles. The van der Waals surface area contributed by atoms with Crippen molar-refractivity contribution in [3.05, 3.63) is 47.1 Å². The lowest BCUT2D eigenvalue weighted by molar-refractivity contribution is -0.137. The molecule has 0 aliphatic carbocycles. The average molecular weight is 288 g/mol. The highest BCUT2D eigenvalue weighted by molar-refractivity contribution is 5.83. The third kappa shape index (κ3) is 5.81. The topological polar surface area (TPSA) is 44.1 Å². The number of carbonyl (C=O) groups is 1. The molecule has 0 saturated heterocycles. The van der Waals surface area contributed by atoms with Crippen molar-refractivity contribution < 1.29 is 9.53 Å². The van der Waals surface area contributed by atoms with Gasteiger partial charge in [0.25, 0.3) is 0 Å². The van der Waals surface area contributed by atoms with Crippen LogP contribution >= 0.6 is 0 Å². The number of hydrogen-bond acceptors (Lipinski definition) is 3. The van der Waals surface area contributed by atoms with Gasteiger partial charge in [0.1, 0.15) is 0 Å². The van der Waals surface area contributed by atoms with Gasteiger partial charge in [-0.3, -0.25) is 0 Å². The van der Waals surface area contributed by atoms with Crippen LogP contribution in [-0.4, -0.2) is 22.1 Å². The van der Waals surface area contributed by atoms with Crippen molar-refractivity contribution in [2.45, 2.75) is 41.2 Å². The summed E-state index contributed by atoms with van der Waals surface area (Å²) in [4.78, 5) is 15.7. The molecule has 0 saturated carbocycles. The number of imidazole rings is 1. The van der Waals surface area contributed by atoms with Crippen LogP contribution in [0.4, 0.5) is 0 Å². The van der Waals surface area contributed by atoms with Crippen LogP contribution in [0, 0.1) is 6.92 Å². The maximum Gasteiger partial charge on any atom is 0.330 e. The van der Waals surface area contributed by atoms with Crippen LogP contribution in [0.25, 0.3) is 6.08 Å². The number of carbonyl (C=O) groups excluding carboxylic acids is 1. The van der Waals surface area contributed by atoms with E-state index in [1.165, 1.54) is 11.6 Å². The van der Waals surface area contributed by atoms with Gasteiger partial charge >= 0.3 is 5.97 Å². The molecule has 1 heterocycles. The summed E-state index contributed by atoms with van der Waals surface area (Å²) in [6.45, 7) is 11.1. The van der Waals surface area contributed by atoms with E-state index < -0.39 is 0 Å². The highest BCUT2D eigenvalue weighted by atomic mass is 16.5. The van der Waals surface area contributed by atoms with E-state index in [0.717, 1.165) is 23.5 Å². The predicted octanol–water partition coefficient (Wildman–Crippen LogP) is 3.68. The summed E-state index contributed by atoms with van der Waals surface area (Å²) in [6, 6.07) is 0. The summed E-state index contributed by atoms with van der Waals surface area (Å²) < 4.78 is 6.97. The lowest BCUT2D eigenvalue weighted by Gasteiger charge is -2.01. The van der Waals surface area contributed by atoms with Crippen molar-refractivity contribution in [3.63, 3.8) is 0 Å². The molecule has 21 heavy (non-hydrogen) atoms. The molecule has 4 heteroatoms. The predicted molar refractivity (Wildman–Crippen MR) is 85.8 cm³/mol. The Bertz CT molecular complexity index is 574. The highest BCUT2D eigenvalue weighted by Crippen LogP contribution is 2.10. The number of ether oxygens (including phenoxy) is 1. The molecule has 0 radical (unpaired) electrons. The van der Waals surface area contributed by atoms with Crippen molar-refractivity contribution in [3.8, 4) is 0 Å². The van der Waals surface area contributed by atoms with Gasteiger partial charge in [-0.15, -0.1) is 0 Å². The van der Waals surface area contributed by atoms with E-state index in [4.69, 9.17) is 4.74 Å². The molecule has 4 nitrogen and oxygen atoms in total. The molecule has 1 aromatic rings. The Balaban J connectivity index is 2.77. The Morgan fingerprint density at radius 1 is 1.38 bits per heavy atom. The van der Waals surface area contributed by atoms with Crippen molar-refractivity contribution in [2.24, 2.45) is 0 Å². The standard InChI is InChI=1S/C17H24N2O2/c1-6-21-17(20)11-14(4)7-8-16-15(5)19(12-18-16)10-9-13(2)3/h7-9,11-12H,6,10H2,1-5H3/b8-7+,14-11+. The molecule has 0 unspecified atom stereocenters. The van der Waals surface area contributed by atoms with E-state index in [0.29, 0.717) is 6.61 Å². The Hall–Kier alpha value is -2.10. The highest BCUT2D eigenvalue weighted by Gasteiger charge is 2.02. The SMILES string of the molecule is CCOC(=O)/C=C(C)/C=C/c1ncn(CC=C(C)C)c1C. The largest absolute Gasteiger partial charge is 0.463 e. The molecule has 0 atom stereocenters. The molecule has 0 aliphatic rings. The third-order valence-corrected chi connectivity index (χ3v) is 2.97. The first-order valence-electron chi connectivity index (χ1n) is 7.12. The molecule has 0 aliphatic heterocycles. The summed E-state index contributed by atoms with van der Waals surface area (Å²) in [6.07, 6.45) is 9.26. The second kappa shape index (κ2) is 8.25. The maximum atomic E-state index is 11.3. The van der Waals surface area contributed by atoms with Gasteiger partial charge in [-0.25, -0.2) is 9.78 Å². The van der Waals surface area contributed by atoms with Crippen LogP contribution < -0.4 is 0 Å². The Morgan fingerprint density at radius 2 is 2.10 bits per heavy atom. The summed E-state index contributed by atoms with van der Waals surface area (Å²) >= 11 is 0. The van der Waals surface area contributed by atoms with Crippen LogP contribution in [0.5, 0.6) is 0 Å². The zero-order chi connectivity index (χ0) is 15.8. The number of esters is 1. The number of aromatic nitrogens is 2. The lowest BCUT2D eigenvalue weighted by Crippen LogP contribution is -1.99. The van der Waals surface area contributed by atoms with Gasteiger partial charge in [0.2, 0.25) is 0 Å². The zero-order valence-electron chi connectivity index (χ0n) is 13.5. The van der Waals surface area contributed by atoms with Crippen LogP contribution in [0.3, 0.4) is 0 Å². The van der Waals surface area contributed by atoms with Gasteiger partial charge in [0.15, 0.2) is 0 Å². The minimum Gasteiger partial charge on any atom is -0.463 e. The third-order valence-electron chi connectivity index (χ3n) is 2.97. The molecule has 0 bridgehead atoms. The minimum absolute atomic E-state index is 0.314. The Labute approximate surface area is 126 Å². The van der Waals surface area contributed by atoms with Gasteiger partial charge in [-0.1, -0.05) is 17.7 Å². The van der Waals surface area contributed by atoms with Crippen molar-refractivity contribution in [2.75, 3.05) is 6.61 Å². The van der Waals surface area contributed by atoms with Crippen LogP contribution in [0.1, 0.15) is 39.1 Å². The van der Waals surface area contributed by atoms with E-state index in [-0.39, 0.29) is 5.97 Å². The lowest BCUT2D eigenvalue weighted by atomic mass is 10.2. The number of allylic oxidation sites excluding steroid dienone is 4. The van der Waals surface area contributed by atoms with Gasteiger partial charge in [0.05, 0.1) is 18.6 Å². The Kier molecular flexibility index (Phi) is 6.66. The molecular formula is C17H24N2O2. The molecule has 114 valence electrons. The number of hydrogen-bond donors (Lipinski definition) is 0. The molecule has 0 N–H and O–H groups in total. The molecule has 0 fully saturated rings. The zero-order valence-corrected chi connectivity index (χ0v) is 13.5. The summed E-state index contributed by atoms with van der Waals surface area (Å²) in [5, 5.41) is 0. The fourth-order valence-corrected chi connectivity index (χ4v) is 1.72. The van der Waals surface area contributed by atoms with E-state index >= 15 is 0 Å². The second-order valence-electron chi connectivity index (χ2n) is 5.12. The molecular weight excluding hydrogens is 264 g/mol. The maximum absolute atomic E-state index is 11.3. The van der Waals surface area contributed by atoms with Crippen molar-refractivity contribution in [1.29, 1.82) is 0 Å². The normalized spacial score (nSPS) is 11.8. The minimum atomic E-state index is -0.314. The van der Waals surface area contributed by atoms with Gasteiger partial charge in [0, 0.05) is 18.3 Å². The van der Waals surface area contributed by atoms with Crippen molar-refractivity contribution in [1.82, 2.24) is 9.55 Å². The molecule has 0 spiro atoms. The van der Waals surface area contributed by atoms with E-state index in [2.05, 4.69) is 29.5 Å². The average Bonchev–Trinajstić information content (AvgIpc) is 2.75. The summed E-state index contributed by atoms with van der Waals surface area (Å²) in [7, 11) is 0. The van der Waals surface area contributed by atoms with Gasteiger partial charge in [-0.05, 0) is 46.3 Å². The number of nitrogens with zero attached hydrogens (tertiary/aromatic N) is 2. The summed E-state index contributed by atoms with van der Waals surface area (Å²) in [5.41, 5.74) is 4.14. The van der Waals surface area contributed by atoms with E-state index in [1.807, 2.05) is 32.3 Å². The molecule has 1 rings (SSSR count). The smallest absolute Gasteiger partial charge is 0.330 e. The van der Waals surface area contributed by atoms with Crippen LogP contribution in [0.15, 0.2) is 35.7 Å². The van der Waals surface area contributed by atoms with Gasteiger partial charge < -0.3 is 9.30 Å². The first-order chi connectivity index (χ1) is 9.93. The van der Waals surface area contributed by atoms with E-state index in [9.17, 15) is 4.79 Å².